The summed E-state index contributed by atoms with van der Waals surface area (Å²) < 4.78 is 11.6. The predicted octanol–water partition coefficient (Wildman–Crippen LogP) is 2.55. The first-order chi connectivity index (χ1) is 12.0. The molecule has 0 unspecified atom stereocenters. The highest BCUT2D eigenvalue weighted by atomic mass is 79.9. The summed E-state index contributed by atoms with van der Waals surface area (Å²) in [7, 11) is 1.56. The van der Waals surface area contributed by atoms with Crippen LogP contribution in [0.4, 0.5) is 0 Å². The minimum Gasteiger partial charge on any atom is -0.493 e. The van der Waals surface area contributed by atoms with Gasteiger partial charge in [-0.2, -0.15) is 0 Å². The minimum absolute atomic E-state index is 0.0550. The molecule has 1 aliphatic carbocycles. The number of methoxy groups -OCH3 is 1. The van der Waals surface area contributed by atoms with E-state index in [4.69, 9.17) is 9.47 Å². The Hall–Kier alpha value is -1.76. The number of hydrogen-bond acceptors (Lipinski definition) is 4. The van der Waals surface area contributed by atoms with Gasteiger partial charge in [0.15, 0.2) is 11.5 Å². The van der Waals surface area contributed by atoms with Crippen LogP contribution in [0.1, 0.15) is 30.1 Å². The Bertz CT molecular complexity index is 667. The summed E-state index contributed by atoms with van der Waals surface area (Å²) in [5, 5.41) is 0. The quantitative estimate of drug-likeness (QED) is 0.748. The molecule has 2 amide bonds. The molecule has 2 aliphatic rings. The first-order valence-corrected chi connectivity index (χ1v) is 9.42. The molecule has 1 heterocycles. The molecule has 1 saturated heterocycles. The summed E-state index contributed by atoms with van der Waals surface area (Å²) in [5.74, 6) is 1.55. The number of nitrogens with zero attached hydrogens (tertiary/aromatic N) is 2. The maximum Gasteiger partial charge on any atom is 0.254 e. The lowest BCUT2D eigenvalue weighted by atomic mass is 10.1. The molecule has 0 spiro atoms. The average Bonchev–Trinajstić information content (AvgIpc) is 3.47. The lowest BCUT2D eigenvalue weighted by Gasteiger charge is -2.35. The van der Waals surface area contributed by atoms with Crippen LogP contribution >= 0.6 is 15.9 Å². The molecule has 1 aliphatic heterocycles. The molecule has 25 heavy (non-hydrogen) atoms. The fourth-order valence-electron chi connectivity index (χ4n) is 3.03. The van der Waals surface area contributed by atoms with E-state index in [0.717, 1.165) is 12.8 Å². The van der Waals surface area contributed by atoms with Crippen molar-refractivity contribution in [2.45, 2.75) is 19.8 Å². The van der Waals surface area contributed by atoms with Gasteiger partial charge in [-0.1, -0.05) is 0 Å². The van der Waals surface area contributed by atoms with Crippen molar-refractivity contribution in [1.82, 2.24) is 9.80 Å². The van der Waals surface area contributed by atoms with Crippen molar-refractivity contribution in [2.24, 2.45) is 5.92 Å². The molecule has 3 rings (SSSR count). The third-order valence-electron chi connectivity index (χ3n) is 4.57. The standard InChI is InChI=1S/C18H23BrN2O4/c1-3-25-16-14(19)10-13(11-15(16)24-2)18(23)21-8-6-20(7-9-21)17(22)12-4-5-12/h10-12H,3-9H2,1-2H3. The van der Waals surface area contributed by atoms with Gasteiger partial charge in [0.25, 0.3) is 5.91 Å². The highest BCUT2D eigenvalue weighted by molar-refractivity contribution is 9.10. The van der Waals surface area contributed by atoms with Crippen LogP contribution in [0.3, 0.4) is 0 Å². The lowest BCUT2D eigenvalue weighted by Crippen LogP contribution is -2.51. The second-order valence-corrected chi connectivity index (χ2v) is 7.17. The van der Waals surface area contributed by atoms with Gasteiger partial charge in [0.1, 0.15) is 0 Å². The van der Waals surface area contributed by atoms with Crippen LogP contribution < -0.4 is 9.47 Å². The zero-order valence-electron chi connectivity index (χ0n) is 14.6. The minimum atomic E-state index is -0.0550. The first kappa shape index (κ1) is 18.0. The van der Waals surface area contributed by atoms with Crippen LogP contribution in [-0.2, 0) is 4.79 Å². The number of ether oxygens (including phenoxy) is 2. The number of benzene rings is 1. The molecule has 1 aromatic rings. The largest absolute Gasteiger partial charge is 0.493 e. The predicted molar refractivity (Wildman–Crippen MR) is 97.1 cm³/mol. The number of hydrogen-bond donors (Lipinski definition) is 0. The normalized spacial score (nSPS) is 17.4. The van der Waals surface area contributed by atoms with Gasteiger partial charge in [-0.3, -0.25) is 9.59 Å². The number of piperazine rings is 1. The van der Waals surface area contributed by atoms with Gasteiger partial charge < -0.3 is 19.3 Å². The van der Waals surface area contributed by atoms with E-state index < -0.39 is 0 Å². The summed E-state index contributed by atoms with van der Waals surface area (Å²) in [6.07, 6.45) is 2.02. The van der Waals surface area contributed by atoms with Gasteiger partial charge in [0.2, 0.25) is 5.91 Å². The molecule has 6 nitrogen and oxygen atoms in total. The second kappa shape index (κ2) is 7.64. The zero-order valence-corrected chi connectivity index (χ0v) is 16.2. The third kappa shape index (κ3) is 3.92. The van der Waals surface area contributed by atoms with Crippen molar-refractivity contribution in [1.29, 1.82) is 0 Å². The number of carbonyl (C=O) groups is 2. The van der Waals surface area contributed by atoms with E-state index in [-0.39, 0.29) is 17.7 Å². The van der Waals surface area contributed by atoms with Crippen LogP contribution in [0.2, 0.25) is 0 Å². The topological polar surface area (TPSA) is 59.1 Å². The van der Waals surface area contributed by atoms with E-state index in [1.165, 1.54) is 0 Å². The summed E-state index contributed by atoms with van der Waals surface area (Å²) in [6, 6.07) is 3.47. The molecule has 1 aromatic carbocycles. The Morgan fingerprint density at radius 3 is 2.36 bits per heavy atom. The maximum absolute atomic E-state index is 12.8. The zero-order chi connectivity index (χ0) is 18.0. The fourth-order valence-corrected chi connectivity index (χ4v) is 3.59. The van der Waals surface area contributed by atoms with Gasteiger partial charge in [0.05, 0.1) is 18.2 Å². The van der Waals surface area contributed by atoms with Gasteiger partial charge in [-0.15, -0.1) is 0 Å². The van der Waals surface area contributed by atoms with Crippen LogP contribution in [0.15, 0.2) is 16.6 Å². The first-order valence-electron chi connectivity index (χ1n) is 8.63. The van der Waals surface area contributed by atoms with Crippen LogP contribution in [0, 0.1) is 5.92 Å². The molecular weight excluding hydrogens is 388 g/mol. The molecule has 0 aromatic heterocycles. The molecule has 0 bridgehead atoms. The lowest BCUT2D eigenvalue weighted by molar-refractivity contribution is -0.134. The van der Waals surface area contributed by atoms with Crippen molar-refractivity contribution < 1.29 is 19.1 Å². The summed E-state index contributed by atoms with van der Waals surface area (Å²) in [5.41, 5.74) is 0.550. The smallest absolute Gasteiger partial charge is 0.254 e. The van der Waals surface area contributed by atoms with E-state index in [9.17, 15) is 9.59 Å². The third-order valence-corrected chi connectivity index (χ3v) is 5.16. The summed E-state index contributed by atoms with van der Waals surface area (Å²) in [4.78, 5) is 28.6. The molecule has 2 fully saturated rings. The van der Waals surface area contributed by atoms with Crippen molar-refractivity contribution in [3.05, 3.63) is 22.2 Å². The Balaban J connectivity index is 1.69. The molecule has 0 radical (unpaired) electrons. The molecule has 136 valence electrons. The van der Waals surface area contributed by atoms with E-state index in [1.807, 2.05) is 11.8 Å². The Morgan fingerprint density at radius 1 is 1.16 bits per heavy atom. The Labute approximate surface area is 156 Å². The maximum atomic E-state index is 12.8. The summed E-state index contributed by atoms with van der Waals surface area (Å²) in [6.45, 7) is 4.74. The van der Waals surface area contributed by atoms with E-state index >= 15 is 0 Å². The van der Waals surface area contributed by atoms with Gasteiger partial charge in [-0.05, 0) is 47.8 Å². The fraction of sp³-hybridized carbons (Fsp3) is 0.556. The van der Waals surface area contributed by atoms with Crippen molar-refractivity contribution in [3.63, 3.8) is 0 Å². The molecular formula is C18H23BrN2O4. The van der Waals surface area contributed by atoms with E-state index in [2.05, 4.69) is 15.9 Å². The SMILES string of the molecule is CCOc1c(Br)cc(C(=O)N2CCN(C(=O)C3CC3)CC2)cc1OC. The highest BCUT2D eigenvalue weighted by Crippen LogP contribution is 2.37. The van der Waals surface area contributed by atoms with Gasteiger partial charge in [0, 0.05) is 37.7 Å². The number of halogens is 1. The monoisotopic (exact) mass is 410 g/mol. The van der Waals surface area contributed by atoms with Crippen molar-refractivity contribution in [3.8, 4) is 11.5 Å². The van der Waals surface area contributed by atoms with Crippen LogP contribution in [0.5, 0.6) is 11.5 Å². The highest BCUT2D eigenvalue weighted by Gasteiger charge is 2.35. The number of amides is 2. The molecule has 7 heteroatoms. The van der Waals surface area contributed by atoms with Crippen LogP contribution in [-0.4, -0.2) is 61.5 Å². The molecule has 1 saturated carbocycles. The second-order valence-electron chi connectivity index (χ2n) is 6.31. The number of carbonyl (C=O) groups excluding carboxylic acids is 2. The number of rotatable bonds is 5. The van der Waals surface area contributed by atoms with E-state index in [0.29, 0.717) is 54.3 Å². The van der Waals surface area contributed by atoms with Crippen molar-refractivity contribution in [2.75, 3.05) is 39.9 Å². The molecule has 0 atom stereocenters. The van der Waals surface area contributed by atoms with Crippen molar-refractivity contribution >= 4 is 27.7 Å². The summed E-state index contributed by atoms with van der Waals surface area (Å²) >= 11 is 3.45. The van der Waals surface area contributed by atoms with Crippen LogP contribution in [0.25, 0.3) is 0 Å². The Kier molecular flexibility index (Phi) is 5.51. The molecule has 0 N–H and O–H groups in total. The van der Waals surface area contributed by atoms with Gasteiger partial charge >= 0.3 is 0 Å². The van der Waals surface area contributed by atoms with Gasteiger partial charge in [-0.25, -0.2) is 0 Å². The average molecular weight is 411 g/mol. The van der Waals surface area contributed by atoms with E-state index in [1.54, 1.807) is 24.1 Å². The Morgan fingerprint density at radius 2 is 1.80 bits per heavy atom.